The maximum atomic E-state index is 8.54. The Bertz CT molecular complexity index is 275. The van der Waals surface area contributed by atoms with Crippen molar-refractivity contribution >= 4 is 15.9 Å². The van der Waals surface area contributed by atoms with Crippen LogP contribution in [0.5, 0.6) is 0 Å². The van der Waals surface area contributed by atoms with Gasteiger partial charge in [-0.2, -0.15) is 5.26 Å². The zero-order valence-electron chi connectivity index (χ0n) is 6.50. The number of alkyl halides is 1. The lowest BCUT2D eigenvalue weighted by molar-refractivity contribution is 0.590. The van der Waals surface area contributed by atoms with Crippen molar-refractivity contribution < 1.29 is 0 Å². The second-order valence-electron chi connectivity index (χ2n) is 2.52. The van der Waals surface area contributed by atoms with Gasteiger partial charge in [-0.1, -0.05) is 46.3 Å². The molecular formula is C9H9BrN2. The van der Waals surface area contributed by atoms with Gasteiger partial charge in [0.25, 0.3) is 0 Å². The Morgan fingerprint density at radius 3 is 2.92 bits per heavy atom. The topological polar surface area (TPSA) is 35.8 Å². The Kier molecular flexibility index (Phi) is 2.72. The maximum Gasteiger partial charge on any atom is 0.177 e. The van der Waals surface area contributed by atoms with Gasteiger partial charge >= 0.3 is 0 Å². The van der Waals surface area contributed by atoms with Crippen LogP contribution in [0.2, 0.25) is 0 Å². The Hall–Kier alpha value is -1.01. The second kappa shape index (κ2) is 3.59. The number of hydrogen-bond donors (Lipinski definition) is 1. The van der Waals surface area contributed by atoms with Crippen molar-refractivity contribution in [1.29, 1.82) is 5.26 Å². The van der Waals surface area contributed by atoms with Gasteiger partial charge < -0.3 is 5.32 Å². The Morgan fingerprint density at radius 1 is 1.67 bits per heavy atom. The first-order chi connectivity index (χ1) is 5.75. The third-order valence-electron chi connectivity index (χ3n) is 1.83. The molecule has 2 unspecified atom stereocenters. The first kappa shape index (κ1) is 9.08. The fourth-order valence-corrected chi connectivity index (χ4v) is 1.70. The molecule has 0 fully saturated rings. The summed E-state index contributed by atoms with van der Waals surface area (Å²) >= 11 is 3.45. The molecule has 0 spiro atoms. The van der Waals surface area contributed by atoms with E-state index in [1.807, 2.05) is 30.5 Å². The largest absolute Gasteiger partial charge is 0.309 e. The summed E-state index contributed by atoms with van der Waals surface area (Å²) in [6.45, 7) is 3.70. The summed E-state index contributed by atoms with van der Waals surface area (Å²) in [7, 11) is 0. The minimum atomic E-state index is -0.469. The van der Waals surface area contributed by atoms with Gasteiger partial charge in [0.2, 0.25) is 0 Å². The molecule has 0 saturated carbocycles. The van der Waals surface area contributed by atoms with E-state index < -0.39 is 5.54 Å². The summed E-state index contributed by atoms with van der Waals surface area (Å²) in [6, 6.07) is 0. The number of nitrogens with one attached hydrogen (secondary N) is 1. The summed E-state index contributed by atoms with van der Waals surface area (Å²) in [6.07, 6.45) is 11.3. The molecule has 62 valence electrons. The molecule has 1 N–H and O–H groups in total. The highest BCUT2D eigenvalue weighted by Gasteiger charge is 2.31. The lowest BCUT2D eigenvalue weighted by Gasteiger charge is -2.30. The molecule has 0 aliphatic heterocycles. The normalized spacial score (nSPS) is 32.5. The number of nitriles is 1. The maximum absolute atomic E-state index is 8.54. The van der Waals surface area contributed by atoms with Gasteiger partial charge in [0, 0.05) is 0 Å². The SMILES string of the molecule is C=CC1(NC#N)C=CC=CC1Br. The highest BCUT2D eigenvalue weighted by molar-refractivity contribution is 9.09. The zero-order valence-corrected chi connectivity index (χ0v) is 8.08. The number of nitrogens with zero attached hydrogens (tertiary/aromatic N) is 1. The van der Waals surface area contributed by atoms with Crippen LogP contribution in [-0.4, -0.2) is 10.4 Å². The number of allylic oxidation sites excluding steroid dienone is 2. The van der Waals surface area contributed by atoms with E-state index in [1.54, 1.807) is 6.08 Å². The van der Waals surface area contributed by atoms with Crippen molar-refractivity contribution in [1.82, 2.24) is 5.32 Å². The van der Waals surface area contributed by atoms with Gasteiger partial charge in [0.15, 0.2) is 6.19 Å². The molecule has 0 amide bonds. The van der Waals surface area contributed by atoms with Gasteiger partial charge in [0.05, 0.1) is 10.4 Å². The van der Waals surface area contributed by atoms with E-state index >= 15 is 0 Å². The molecule has 1 aliphatic rings. The van der Waals surface area contributed by atoms with Gasteiger partial charge in [-0.15, -0.1) is 6.58 Å². The lowest BCUT2D eigenvalue weighted by atomic mass is 9.91. The highest BCUT2D eigenvalue weighted by Crippen LogP contribution is 2.25. The fourth-order valence-electron chi connectivity index (χ4n) is 1.07. The van der Waals surface area contributed by atoms with Crippen LogP contribution in [0.1, 0.15) is 0 Å². The van der Waals surface area contributed by atoms with Gasteiger partial charge in [-0.05, 0) is 0 Å². The highest BCUT2D eigenvalue weighted by atomic mass is 79.9. The minimum absolute atomic E-state index is 0.0761. The van der Waals surface area contributed by atoms with Gasteiger partial charge in [-0.25, -0.2) is 0 Å². The summed E-state index contributed by atoms with van der Waals surface area (Å²) in [5.74, 6) is 0. The van der Waals surface area contributed by atoms with Crippen molar-refractivity contribution in [3.8, 4) is 6.19 Å². The Morgan fingerprint density at radius 2 is 2.42 bits per heavy atom. The van der Waals surface area contributed by atoms with Crippen molar-refractivity contribution in [3.05, 3.63) is 37.0 Å². The van der Waals surface area contributed by atoms with E-state index in [9.17, 15) is 0 Å². The summed E-state index contributed by atoms with van der Waals surface area (Å²) < 4.78 is 0. The second-order valence-corrected chi connectivity index (χ2v) is 3.51. The van der Waals surface area contributed by atoms with Crippen molar-refractivity contribution in [2.24, 2.45) is 0 Å². The smallest absolute Gasteiger partial charge is 0.177 e. The molecule has 1 aliphatic carbocycles. The molecule has 2 atom stereocenters. The summed E-state index contributed by atoms with van der Waals surface area (Å²) in [5.41, 5.74) is -0.469. The number of hydrogen-bond acceptors (Lipinski definition) is 2. The number of rotatable bonds is 2. The van der Waals surface area contributed by atoms with Gasteiger partial charge in [0.1, 0.15) is 0 Å². The lowest BCUT2D eigenvalue weighted by Crippen LogP contribution is -2.46. The predicted octanol–water partition coefficient (Wildman–Crippen LogP) is 1.87. The molecule has 3 heteroatoms. The van der Waals surface area contributed by atoms with Crippen LogP contribution in [-0.2, 0) is 0 Å². The van der Waals surface area contributed by atoms with Crippen LogP contribution < -0.4 is 5.32 Å². The number of halogens is 1. The average molecular weight is 225 g/mol. The molecule has 0 saturated heterocycles. The molecule has 0 aromatic rings. The first-order valence-electron chi connectivity index (χ1n) is 3.55. The van der Waals surface area contributed by atoms with Crippen LogP contribution in [0.25, 0.3) is 0 Å². The van der Waals surface area contributed by atoms with Crippen molar-refractivity contribution in [3.63, 3.8) is 0 Å². The molecule has 0 aromatic carbocycles. The van der Waals surface area contributed by atoms with Crippen LogP contribution >= 0.6 is 15.9 Å². The molecule has 12 heavy (non-hydrogen) atoms. The molecule has 0 aromatic heterocycles. The molecular weight excluding hydrogens is 216 g/mol. The van der Waals surface area contributed by atoms with Crippen LogP contribution in [0.3, 0.4) is 0 Å². The summed E-state index contributed by atoms with van der Waals surface area (Å²) in [5, 5.41) is 11.2. The molecule has 0 radical (unpaired) electrons. The van der Waals surface area contributed by atoms with Crippen LogP contribution in [0, 0.1) is 11.5 Å². The minimum Gasteiger partial charge on any atom is -0.309 e. The summed E-state index contributed by atoms with van der Waals surface area (Å²) in [4.78, 5) is 0.0761. The van der Waals surface area contributed by atoms with E-state index in [0.717, 1.165) is 0 Å². The first-order valence-corrected chi connectivity index (χ1v) is 4.47. The Labute approximate surface area is 80.4 Å². The van der Waals surface area contributed by atoms with E-state index in [1.165, 1.54) is 0 Å². The fraction of sp³-hybridized carbons (Fsp3) is 0.222. The zero-order chi connectivity index (χ0) is 9.03. The van der Waals surface area contributed by atoms with Gasteiger partial charge in [-0.3, -0.25) is 0 Å². The van der Waals surface area contributed by atoms with Crippen LogP contribution in [0.4, 0.5) is 0 Å². The predicted molar refractivity (Wildman–Crippen MR) is 52.7 cm³/mol. The molecule has 0 heterocycles. The van der Waals surface area contributed by atoms with Crippen molar-refractivity contribution in [2.75, 3.05) is 0 Å². The van der Waals surface area contributed by atoms with E-state index in [4.69, 9.17) is 5.26 Å². The third-order valence-corrected chi connectivity index (χ3v) is 2.89. The average Bonchev–Trinajstić information content (AvgIpc) is 2.10. The van der Waals surface area contributed by atoms with E-state index in [-0.39, 0.29) is 4.83 Å². The van der Waals surface area contributed by atoms with Crippen LogP contribution in [0.15, 0.2) is 37.0 Å². The molecule has 0 bridgehead atoms. The quantitative estimate of drug-likeness (QED) is 0.337. The van der Waals surface area contributed by atoms with E-state index in [0.29, 0.717) is 0 Å². The molecule has 2 nitrogen and oxygen atoms in total. The molecule has 1 rings (SSSR count). The van der Waals surface area contributed by atoms with Crippen molar-refractivity contribution in [2.45, 2.75) is 10.4 Å². The monoisotopic (exact) mass is 224 g/mol. The standard InChI is InChI=1S/C9H9BrN2/c1-2-9(12-7-11)6-4-3-5-8(9)10/h2-6,8,12H,1H2. The third kappa shape index (κ3) is 1.44. The Balaban J connectivity index is 2.93. The van der Waals surface area contributed by atoms with E-state index in [2.05, 4.69) is 27.8 Å².